The minimum atomic E-state index is -0.251. The van der Waals surface area contributed by atoms with Crippen molar-refractivity contribution in [1.82, 2.24) is 8.75 Å². The van der Waals surface area contributed by atoms with Crippen LogP contribution < -0.4 is 10.6 Å². The van der Waals surface area contributed by atoms with Crippen molar-refractivity contribution in [2.45, 2.75) is 52.6 Å². The van der Waals surface area contributed by atoms with Gasteiger partial charge < -0.3 is 10.6 Å². The lowest BCUT2D eigenvalue weighted by Crippen LogP contribution is -2.13. The van der Waals surface area contributed by atoms with Crippen molar-refractivity contribution in [3.63, 3.8) is 0 Å². The van der Waals surface area contributed by atoms with Crippen molar-refractivity contribution in [3.05, 3.63) is 96.6 Å². The van der Waals surface area contributed by atoms with Crippen LogP contribution in [0.25, 0.3) is 63.6 Å². The van der Waals surface area contributed by atoms with Crippen molar-refractivity contribution in [2.75, 3.05) is 10.6 Å². The summed E-state index contributed by atoms with van der Waals surface area (Å²) in [5.74, 6) is -0.502. The molecular weight excluding hydrogens is 647 g/mol. The van der Waals surface area contributed by atoms with Crippen LogP contribution in [-0.4, -0.2) is 20.8 Å². The van der Waals surface area contributed by atoms with E-state index in [0.717, 1.165) is 76.7 Å². The molecule has 0 aliphatic rings. The van der Waals surface area contributed by atoms with Gasteiger partial charge >= 0.3 is 0 Å². The number of rotatable bonds is 10. The molecule has 47 heavy (non-hydrogen) atoms. The molecule has 4 aromatic carbocycles. The van der Waals surface area contributed by atoms with Gasteiger partial charge in [-0.1, -0.05) is 38.1 Å². The maximum Gasteiger partial charge on any atom is 0.133 e. The first-order valence-corrected chi connectivity index (χ1v) is 18.2. The van der Waals surface area contributed by atoms with Gasteiger partial charge in [-0.15, -0.1) is 22.7 Å². The Bertz CT molecular complexity index is 2060. The summed E-state index contributed by atoms with van der Waals surface area (Å²) in [6, 6.07) is 27.6. The second-order valence-electron chi connectivity index (χ2n) is 11.9. The average Bonchev–Trinajstić information content (AvgIpc) is 3.86. The molecule has 4 nitrogen and oxygen atoms in total. The van der Waals surface area contributed by atoms with Crippen LogP contribution in [0, 0.1) is 11.6 Å². The maximum absolute atomic E-state index is 15.4. The quantitative estimate of drug-likeness (QED) is 0.151. The molecule has 0 spiro atoms. The highest BCUT2D eigenvalue weighted by atomic mass is 32.1. The van der Waals surface area contributed by atoms with Gasteiger partial charge in [0.25, 0.3) is 0 Å². The van der Waals surface area contributed by atoms with E-state index >= 15 is 8.78 Å². The number of hydrogen-bond acceptors (Lipinski definition) is 7. The Morgan fingerprint density at radius 3 is 1.43 bits per heavy atom. The van der Waals surface area contributed by atoms with E-state index in [9.17, 15) is 0 Å². The topological polar surface area (TPSA) is 49.8 Å². The summed E-state index contributed by atoms with van der Waals surface area (Å²) in [4.78, 5) is 3.71. The van der Waals surface area contributed by atoms with E-state index in [0.29, 0.717) is 11.1 Å². The van der Waals surface area contributed by atoms with Gasteiger partial charge in [-0.3, -0.25) is 0 Å². The van der Waals surface area contributed by atoms with Crippen molar-refractivity contribution >= 4 is 67.6 Å². The molecule has 9 heteroatoms. The van der Waals surface area contributed by atoms with Gasteiger partial charge in [0, 0.05) is 65.2 Å². The molecule has 0 saturated carbocycles. The zero-order chi connectivity index (χ0) is 32.7. The van der Waals surface area contributed by atoms with E-state index in [4.69, 9.17) is 8.75 Å². The second kappa shape index (κ2) is 13.1. The zero-order valence-electron chi connectivity index (χ0n) is 26.5. The van der Waals surface area contributed by atoms with E-state index < -0.39 is 0 Å². The van der Waals surface area contributed by atoms with Crippen LogP contribution in [0.5, 0.6) is 0 Å². The van der Waals surface area contributed by atoms with Crippen molar-refractivity contribution in [3.8, 4) is 41.8 Å². The first-order valence-electron chi connectivity index (χ1n) is 15.8. The molecule has 0 bridgehead atoms. The van der Waals surface area contributed by atoms with Crippen molar-refractivity contribution in [2.24, 2.45) is 0 Å². The second-order valence-corrected chi connectivity index (χ2v) is 14.6. The molecule has 0 aliphatic carbocycles. The van der Waals surface area contributed by atoms with Gasteiger partial charge in [-0.2, -0.15) is 8.75 Å². The number of hydrogen-bond donors (Lipinski definition) is 2. The Kier molecular flexibility index (Phi) is 8.79. The molecule has 0 fully saturated rings. The highest BCUT2D eigenvalue weighted by molar-refractivity contribution is 7.19. The average molecular weight is 681 g/mol. The van der Waals surface area contributed by atoms with Crippen LogP contribution in [0.2, 0.25) is 0 Å². The molecule has 7 aromatic rings. The standard InChI is InChI=1S/C38H34F2N4S3/c1-5-21(3)41-23-11-13-27(29(39)19-23)31-15-17-33(45-31)35-25-9-7-8-10-26(25)36(38-37(35)43-47-44-38)34-18-16-32(46-34)28-14-12-24(20-30(28)40)42-22(4)6-2/h7-22,41-42H,5-6H2,1-4H3. The summed E-state index contributed by atoms with van der Waals surface area (Å²) < 4.78 is 40.3. The molecule has 3 heterocycles. The fourth-order valence-corrected chi connectivity index (χ4v) is 8.55. The van der Waals surface area contributed by atoms with Crippen LogP contribution >= 0.6 is 34.4 Å². The smallest absolute Gasteiger partial charge is 0.133 e. The number of aromatic nitrogens is 2. The number of fused-ring (bicyclic) bond motifs is 2. The van der Waals surface area contributed by atoms with E-state index in [1.165, 1.54) is 11.7 Å². The lowest BCUT2D eigenvalue weighted by Gasteiger charge is -2.13. The van der Waals surface area contributed by atoms with Crippen LogP contribution in [-0.2, 0) is 0 Å². The molecule has 2 N–H and O–H groups in total. The number of nitrogens with one attached hydrogen (secondary N) is 2. The highest BCUT2D eigenvalue weighted by Gasteiger charge is 2.23. The molecule has 2 unspecified atom stereocenters. The van der Waals surface area contributed by atoms with Crippen LogP contribution in [0.4, 0.5) is 20.2 Å². The van der Waals surface area contributed by atoms with Crippen LogP contribution in [0.3, 0.4) is 0 Å². The molecule has 3 aromatic heterocycles. The largest absolute Gasteiger partial charge is 0.383 e. The Morgan fingerprint density at radius 1 is 0.596 bits per heavy atom. The SMILES string of the molecule is CCC(C)Nc1ccc(-c2ccc(-c3c4ccccc4c(-c4ccc(-c5ccc(NC(C)CC)cc5F)s4)c4nsnc34)s2)c(F)c1. The van der Waals surface area contributed by atoms with Gasteiger partial charge in [0.15, 0.2) is 0 Å². The molecule has 238 valence electrons. The number of benzene rings is 4. The van der Waals surface area contributed by atoms with Crippen molar-refractivity contribution < 1.29 is 8.78 Å². The lowest BCUT2D eigenvalue weighted by molar-refractivity contribution is 0.631. The molecule has 2 atom stereocenters. The third-order valence-corrected chi connectivity index (χ3v) is 11.5. The molecule has 0 radical (unpaired) electrons. The first kappa shape index (κ1) is 31.4. The Balaban J connectivity index is 1.29. The summed E-state index contributed by atoms with van der Waals surface area (Å²) >= 11 is 4.29. The van der Waals surface area contributed by atoms with Gasteiger partial charge in [-0.05, 0) is 98.1 Å². The normalized spacial score (nSPS) is 12.9. The number of thiophene rings is 2. The van der Waals surface area contributed by atoms with E-state index in [1.807, 2.05) is 48.5 Å². The molecule has 0 amide bonds. The van der Waals surface area contributed by atoms with Crippen LogP contribution in [0.15, 0.2) is 84.9 Å². The van der Waals surface area contributed by atoms with E-state index in [2.05, 4.69) is 62.6 Å². The third kappa shape index (κ3) is 6.04. The van der Waals surface area contributed by atoms with E-state index in [1.54, 1.807) is 34.8 Å². The minimum absolute atomic E-state index is 0.251. The number of anilines is 2. The highest BCUT2D eigenvalue weighted by Crippen LogP contribution is 2.48. The fourth-order valence-electron chi connectivity index (χ4n) is 5.81. The summed E-state index contributed by atoms with van der Waals surface area (Å²) in [6.45, 7) is 8.38. The Labute approximate surface area is 285 Å². The monoisotopic (exact) mass is 680 g/mol. The molecular formula is C38H34F2N4S3. The van der Waals surface area contributed by atoms with Gasteiger partial charge in [-0.25, -0.2) is 8.78 Å². The first-order chi connectivity index (χ1) is 22.8. The fraction of sp³-hybridized carbons (Fsp3) is 0.211. The summed E-state index contributed by atoms with van der Waals surface area (Å²) in [5.41, 5.74) is 6.32. The Hall–Kier alpha value is -4.18. The van der Waals surface area contributed by atoms with Crippen molar-refractivity contribution in [1.29, 1.82) is 0 Å². The van der Waals surface area contributed by atoms with Crippen LogP contribution in [0.1, 0.15) is 40.5 Å². The van der Waals surface area contributed by atoms with Gasteiger partial charge in [0.1, 0.15) is 22.7 Å². The summed E-state index contributed by atoms with van der Waals surface area (Å²) in [5, 5.41) is 8.80. The number of halogens is 2. The summed E-state index contributed by atoms with van der Waals surface area (Å²) in [6.07, 6.45) is 1.92. The zero-order valence-corrected chi connectivity index (χ0v) is 29.0. The van der Waals surface area contributed by atoms with Gasteiger partial charge in [0.2, 0.25) is 0 Å². The summed E-state index contributed by atoms with van der Waals surface area (Å²) in [7, 11) is 0. The maximum atomic E-state index is 15.4. The lowest BCUT2D eigenvalue weighted by atomic mass is 9.95. The molecule has 0 saturated heterocycles. The Morgan fingerprint density at radius 2 is 1.02 bits per heavy atom. The minimum Gasteiger partial charge on any atom is -0.383 e. The predicted octanol–water partition coefficient (Wildman–Crippen LogP) is 12.3. The predicted molar refractivity (Wildman–Crippen MR) is 199 cm³/mol. The third-order valence-electron chi connectivity index (χ3n) is 8.65. The van der Waals surface area contributed by atoms with Gasteiger partial charge in [0.05, 0.1) is 11.7 Å². The number of nitrogens with zero attached hydrogens (tertiary/aromatic N) is 2. The van der Waals surface area contributed by atoms with E-state index in [-0.39, 0.29) is 23.7 Å². The molecule has 0 aliphatic heterocycles. The molecule has 7 rings (SSSR count).